The first-order valence-electron chi connectivity index (χ1n) is 5.92. The standard InChI is InChI=1S/C12H15N3O5/c1-2-5-19-10-9(17)7(6-16)20-11(10)15-4-3-8(13)14-12(15)18/h1,3-4,7,9-11,16-17H,5-6H2,(H2,13,14,18)/t7-,9-,10-,11-/m1/s1. The number of nitrogen functional groups attached to an aromatic ring is 1. The van der Waals surface area contributed by atoms with Crippen LogP contribution < -0.4 is 11.4 Å². The summed E-state index contributed by atoms with van der Waals surface area (Å²) in [5.74, 6) is 2.34. The molecule has 0 amide bonds. The van der Waals surface area contributed by atoms with E-state index in [4.69, 9.17) is 26.7 Å². The molecule has 1 saturated heterocycles. The number of ether oxygens (including phenoxy) is 2. The molecule has 4 N–H and O–H groups in total. The molecule has 0 saturated carbocycles. The van der Waals surface area contributed by atoms with Crippen LogP contribution in [0.1, 0.15) is 6.23 Å². The third-order valence-corrected chi connectivity index (χ3v) is 2.98. The predicted octanol–water partition coefficient (Wildman–Crippen LogP) is -1.91. The van der Waals surface area contributed by atoms with Crippen LogP contribution in [0.25, 0.3) is 0 Å². The summed E-state index contributed by atoms with van der Waals surface area (Å²) in [6, 6.07) is 1.42. The van der Waals surface area contributed by atoms with E-state index in [-0.39, 0.29) is 12.4 Å². The second kappa shape index (κ2) is 6.02. The highest BCUT2D eigenvalue weighted by atomic mass is 16.6. The van der Waals surface area contributed by atoms with Gasteiger partial charge in [-0.2, -0.15) is 4.98 Å². The van der Waals surface area contributed by atoms with Gasteiger partial charge in [0.1, 0.15) is 30.7 Å². The molecule has 0 aromatic carbocycles. The summed E-state index contributed by atoms with van der Waals surface area (Å²) in [6.45, 7) is -0.471. The quantitative estimate of drug-likeness (QED) is 0.551. The highest BCUT2D eigenvalue weighted by Crippen LogP contribution is 2.30. The van der Waals surface area contributed by atoms with Gasteiger partial charge in [-0.1, -0.05) is 5.92 Å². The zero-order valence-electron chi connectivity index (χ0n) is 10.5. The maximum absolute atomic E-state index is 11.8. The number of rotatable bonds is 4. The van der Waals surface area contributed by atoms with Gasteiger partial charge in [0.2, 0.25) is 0 Å². The van der Waals surface area contributed by atoms with E-state index in [1.54, 1.807) is 0 Å². The van der Waals surface area contributed by atoms with Crippen molar-refractivity contribution in [2.45, 2.75) is 24.5 Å². The molecule has 0 aliphatic carbocycles. The number of hydrogen-bond acceptors (Lipinski definition) is 7. The number of nitrogens with two attached hydrogens (primary N) is 1. The molecule has 8 nitrogen and oxygen atoms in total. The lowest BCUT2D eigenvalue weighted by atomic mass is 10.1. The van der Waals surface area contributed by atoms with Gasteiger partial charge in [-0.25, -0.2) is 4.79 Å². The summed E-state index contributed by atoms with van der Waals surface area (Å²) in [5, 5.41) is 19.2. The minimum absolute atomic E-state index is 0.0586. The second-order valence-electron chi connectivity index (χ2n) is 4.26. The minimum Gasteiger partial charge on any atom is -0.394 e. The van der Waals surface area contributed by atoms with E-state index in [0.29, 0.717) is 0 Å². The van der Waals surface area contributed by atoms with Crippen LogP contribution in [0.2, 0.25) is 0 Å². The van der Waals surface area contributed by atoms with Crippen LogP contribution in [0.4, 0.5) is 5.82 Å². The van der Waals surface area contributed by atoms with Gasteiger partial charge < -0.3 is 25.4 Å². The summed E-state index contributed by atoms with van der Waals surface area (Å²) >= 11 is 0. The molecule has 4 atom stereocenters. The van der Waals surface area contributed by atoms with Crippen LogP contribution in [0.15, 0.2) is 17.1 Å². The third kappa shape index (κ3) is 2.66. The van der Waals surface area contributed by atoms with Gasteiger partial charge in [0.15, 0.2) is 6.23 Å². The topological polar surface area (TPSA) is 120 Å². The van der Waals surface area contributed by atoms with E-state index in [1.807, 2.05) is 0 Å². The van der Waals surface area contributed by atoms with Crippen LogP contribution in [-0.4, -0.2) is 51.3 Å². The van der Waals surface area contributed by atoms with E-state index in [2.05, 4.69) is 10.9 Å². The lowest BCUT2D eigenvalue weighted by Crippen LogP contribution is -2.38. The Balaban J connectivity index is 2.32. The predicted molar refractivity (Wildman–Crippen MR) is 68.5 cm³/mol. The van der Waals surface area contributed by atoms with Crippen molar-refractivity contribution in [1.29, 1.82) is 0 Å². The fourth-order valence-corrected chi connectivity index (χ4v) is 2.04. The lowest BCUT2D eigenvalue weighted by Gasteiger charge is -2.21. The number of terminal acetylenes is 1. The zero-order valence-corrected chi connectivity index (χ0v) is 10.5. The molecular formula is C12H15N3O5. The van der Waals surface area contributed by atoms with Crippen LogP contribution in [0.5, 0.6) is 0 Å². The van der Waals surface area contributed by atoms with E-state index >= 15 is 0 Å². The number of aliphatic hydroxyl groups excluding tert-OH is 2. The highest BCUT2D eigenvalue weighted by Gasteiger charge is 2.45. The molecule has 1 aliphatic rings. The number of aliphatic hydroxyl groups is 2. The Morgan fingerprint density at radius 3 is 3.00 bits per heavy atom. The zero-order chi connectivity index (χ0) is 14.7. The molecule has 0 unspecified atom stereocenters. The van der Waals surface area contributed by atoms with Crippen molar-refractivity contribution in [3.05, 3.63) is 22.7 Å². The molecule has 1 aliphatic heterocycles. The Morgan fingerprint density at radius 2 is 2.40 bits per heavy atom. The summed E-state index contributed by atoms with van der Waals surface area (Å²) in [4.78, 5) is 15.4. The molecule has 108 valence electrons. The first kappa shape index (κ1) is 14.5. The van der Waals surface area contributed by atoms with Crippen molar-refractivity contribution in [2.24, 2.45) is 0 Å². The monoisotopic (exact) mass is 281 g/mol. The summed E-state index contributed by atoms with van der Waals surface area (Å²) in [5.41, 5.74) is 4.77. The molecule has 2 rings (SSSR count). The largest absolute Gasteiger partial charge is 0.394 e. The first-order valence-corrected chi connectivity index (χ1v) is 5.92. The minimum atomic E-state index is -1.11. The van der Waals surface area contributed by atoms with Crippen LogP contribution in [-0.2, 0) is 9.47 Å². The van der Waals surface area contributed by atoms with Gasteiger partial charge in [0.25, 0.3) is 0 Å². The van der Waals surface area contributed by atoms with E-state index < -0.39 is 36.8 Å². The maximum Gasteiger partial charge on any atom is 0.351 e. The Morgan fingerprint density at radius 1 is 1.65 bits per heavy atom. The van der Waals surface area contributed by atoms with E-state index in [9.17, 15) is 9.90 Å². The van der Waals surface area contributed by atoms with Crippen molar-refractivity contribution in [1.82, 2.24) is 9.55 Å². The second-order valence-corrected chi connectivity index (χ2v) is 4.26. The van der Waals surface area contributed by atoms with Gasteiger partial charge in [0, 0.05) is 6.20 Å². The van der Waals surface area contributed by atoms with Crippen molar-refractivity contribution in [3.8, 4) is 12.3 Å². The first-order chi connectivity index (χ1) is 9.58. The van der Waals surface area contributed by atoms with E-state index in [1.165, 1.54) is 12.3 Å². The van der Waals surface area contributed by atoms with Gasteiger partial charge in [-0.15, -0.1) is 6.42 Å². The summed E-state index contributed by atoms with van der Waals surface area (Å²) in [6.07, 6.45) is 2.70. The van der Waals surface area contributed by atoms with Gasteiger partial charge in [-0.3, -0.25) is 4.57 Å². The molecule has 20 heavy (non-hydrogen) atoms. The maximum atomic E-state index is 11.8. The van der Waals surface area contributed by atoms with Gasteiger partial charge in [-0.05, 0) is 6.07 Å². The lowest BCUT2D eigenvalue weighted by molar-refractivity contribution is -0.0676. The fourth-order valence-electron chi connectivity index (χ4n) is 2.04. The molecular weight excluding hydrogens is 266 g/mol. The summed E-state index contributed by atoms with van der Waals surface area (Å²) < 4.78 is 11.9. The van der Waals surface area contributed by atoms with Crippen molar-refractivity contribution in [3.63, 3.8) is 0 Å². The number of nitrogens with zero attached hydrogens (tertiary/aromatic N) is 2. The number of anilines is 1. The molecule has 1 aromatic rings. The Bertz CT molecular complexity index is 567. The Labute approximate surface area is 114 Å². The number of hydrogen-bond donors (Lipinski definition) is 3. The normalized spacial score (nSPS) is 29.2. The van der Waals surface area contributed by atoms with Gasteiger partial charge in [0.05, 0.1) is 6.61 Å². The SMILES string of the molecule is C#CCO[C@@H]1[C@H](O)[C@@H](CO)O[C@H]1n1ccc(N)nc1=O. The molecule has 0 spiro atoms. The molecule has 0 radical (unpaired) electrons. The summed E-state index contributed by atoms with van der Waals surface area (Å²) in [7, 11) is 0. The average molecular weight is 281 g/mol. The highest BCUT2D eigenvalue weighted by molar-refractivity contribution is 5.23. The van der Waals surface area contributed by atoms with Crippen molar-refractivity contribution in [2.75, 3.05) is 18.9 Å². The fraction of sp³-hybridized carbons (Fsp3) is 0.500. The van der Waals surface area contributed by atoms with Crippen LogP contribution in [0.3, 0.4) is 0 Å². The van der Waals surface area contributed by atoms with Crippen molar-refractivity contribution >= 4 is 5.82 Å². The molecule has 2 heterocycles. The molecule has 1 aromatic heterocycles. The average Bonchev–Trinajstić information content (AvgIpc) is 2.73. The van der Waals surface area contributed by atoms with Crippen LogP contribution in [0, 0.1) is 12.3 Å². The molecule has 1 fully saturated rings. The Hall–Kier alpha value is -1.92. The van der Waals surface area contributed by atoms with E-state index in [0.717, 1.165) is 4.57 Å². The van der Waals surface area contributed by atoms with Crippen LogP contribution >= 0.6 is 0 Å². The third-order valence-electron chi connectivity index (χ3n) is 2.98. The number of aromatic nitrogens is 2. The van der Waals surface area contributed by atoms with Gasteiger partial charge >= 0.3 is 5.69 Å². The molecule has 8 heteroatoms. The smallest absolute Gasteiger partial charge is 0.351 e. The van der Waals surface area contributed by atoms with Crippen molar-refractivity contribution < 1.29 is 19.7 Å². The Kier molecular flexibility index (Phi) is 4.36. The molecule has 0 bridgehead atoms.